The Morgan fingerprint density at radius 1 is 1.30 bits per heavy atom. The van der Waals surface area contributed by atoms with E-state index in [1.54, 1.807) is 0 Å². The molecule has 2 rings (SSSR count). The zero-order valence-corrected chi connectivity index (χ0v) is 13.6. The predicted molar refractivity (Wildman–Crippen MR) is 81.9 cm³/mol. The highest BCUT2D eigenvalue weighted by Gasteiger charge is 2.19. The van der Waals surface area contributed by atoms with Gasteiger partial charge in [0.25, 0.3) is 0 Å². The molecule has 1 aliphatic heterocycles. The molecule has 2 heterocycles. The van der Waals surface area contributed by atoms with Gasteiger partial charge in [0.05, 0.1) is 18.3 Å². The first-order valence-corrected chi connectivity index (χ1v) is 7.76. The minimum absolute atomic E-state index is 0.132. The van der Waals surface area contributed by atoms with Gasteiger partial charge in [0.1, 0.15) is 0 Å². The van der Waals surface area contributed by atoms with Crippen LogP contribution >= 0.6 is 0 Å². The van der Waals surface area contributed by atoms with Gasteiger partial charge in [0, 0.05) is 29.9 Å². The van der Waals surface area contributed by atoms with Crippen LogP contribution < -0.4 is 5.32 Å². The van der Waals surface area contributed by atoms with E-state index < -0.39 is 0 Å². The summed E-state index contributed by atoms with van der Waals surface area (Å²) in [5.74, 6) is 0. The molecule has 20 heavy (non-hydrogen) atoms. The van der Waals surface area contributed by atoms with E-state index in [9.17, 15) is 0 Å². The molecule has 0 radical (unpaired) electrons. The van der Waals surface area contributed by atoms with Crippen molar-refractivity contribution in [1.29, 1.82) is 0 Å². The third-order valence-electron chi connectivity index (χ3n) is 3.98. The van der Waals surface area contributed by atoms with E-state index in [0.29, 0.717) is 6.10 Å². The fraction of sp³-hybridized carbons (Fsp3) is 0.812. The molecule has 0 amide bonds. The monoisotopic (exact) mass is 279 g/mol. The van der Waals surface area contributed by atoms with Crippen LogP contribution in [0.1, 0.15) is 57.0 Å². The van der Waals surface area contributed by atoms with Crippen LogP contribution in [0, 0.1) is 13.8 Å². The summed E-state index contributed by atoms with van der Waals surface area (Å²) >= 11 is 0. The third kappa shape index (κ3) is 4.06. The number of nitrogens with one attached hydrogen (secondary N) is 1. The Kier molecular flexibility index (Phi) is 4.86. The number of hydrogen-bond donors (Lipinski definition) is 1. The molecule has 1 unspecified atom stereocenters. The summed E-state index contributed by atoms with van der Waals surface area (Å²) in [7, 11) is 0. The quantitative estimate of drug-likeness (QED) is 0.921. The van der Waals surface area contributed by atoms with Crippen LogP contribution in [0.15, 0.2) is 0 Å². The first kappa shape index (κ1) is 15.5. The molecule has 1 aromatic rings. The minimum atomic E-state index is 0.132. The molecule has 0 aliphatic carbocycles. The number of aromatic nitrogens is 2. The van der Waals surface area contributed by atoms with E-state index in [2.05, 4.69) is 44.6 Å². The number of nitrogens with zero attached hydrogens (tertiary/aromatic N) is 2. The summed E-state index contributed by atoms with van der Waals surface area (Å²) < 4.78 is 7.95. The lowest BCUT2D eigenvalue weighted by Gasteiger charge is -2.23. The Balaban J connectivity index is 2.03. The predicted octanol–water partition coefficient (Wildman–Crippen LogP) is 2.96. The Labute approximate surface area is 122 Å². The van der Waals surface area contributed by atoms with Crippen molar-refractivity contribution in [2.45, 2.75) is 78.6 Å². The second kappa shape index (κ2) is 6.27. The van der Waals surface area contributed by atoms with Gasteiger partial charge >= 0.3 is 0 Å². The van der Waals surface area contributed by atoms with Crippen molar-refractivity contribution in [3.63, 3.8) is 0 Å². The van der Waals surface area contributed by atoms with Gasteiger partial charge in [-0.25, -0.2) is 0 Å². The number of aryl methyl sites for hydroxylation is 1. The van der Waals surface area contributed by atoms with Crippen LogP contribution in [0.25, 0.3) is 0 Å². The molecule has 0 aromatic carbocycles. The minimum Gasteiger partial charge on any atom is -0.376 e. The van der Waals surface area contributed by atoms with Crippen molar-refractivity contribution >= 4 is 0 Å². The van der Waals surface area contributed by atoms with Crippen molar-refractivity contribution in [1.82, 2.24) is 15.1 Å². The van der Waals surface area contributed by atoms with Crippen LogP contribution in [0.2, 0.25) is 0 Å². The fourth-order valence-electron chi connectivity index (χ4n) is 2.67. The average Bonchev–Trinajstić information content (AvgIpc) is 2.63. The van der Waals surface area contributed by atoms with Crippen LogP contribution in [-0.4, -0.2) is 28.0 Å². The van der Waals surface area contributed by atoms with Crippen molar-refractivity contribution < 1.29 is 4.74 Å². The Bertz CT molecular complexity index is 439. The first-order valence-electron chi connectivity index (χ1n) is 7.76. The van der Waals surface area contributed by atoms with E-state index in [1.807, 2.05) is 0 Å². The standard InChI is InChI=1S/C16H29N3O/c1-12-15(10-17-16(3,4)5)13(2)19(18-12)11-14-8-6-7-9-20-14/h14,17H,6-11H2,1-5H3. The van der Waals surface area contributed by atoms with Gasteiger partial charge in [-0.15, -0.1) is 0 Å². The zero-order chi connectivity index (χ0) is 14.8. The van der Waals surface area contributed by atoms with Gasteiger partial charge in [-0.05, 0) is 53.9 Å². The maximum atomic E-state index is 5.82. The van der Waals surface area contributed by atoms with E-state index in [1.165, 1.54) is 24.1 Å². The Hall–Kier alpha value is -0.870. The number of hydrogen-bond acceptors (Lipinski definition) is 3. The molecule has 0 bridgehead atoms. The molecule has 4 heteroatoms. The van der Waals surface area contributed by atoms with E-state index >= 15 is 0 Å². The lowest BCUT2D eigenvalue weighted by molar-refractivity contribution is 0.00360. The molecule has 1 atom stereocenters. The lowest BCUT2D eigenvalue weighted by atomic mass is 10.1. The molecule has 0 spiro atoms. The zero-order valence-electron chi connectivity index (χ0n) is 13.6. The summed E-state index contributed by atoms with van der Waals surface area (Å²) in [6.07, 6.45) is 3.98. The van der Waals surface area contributed by atoms with Gasteiger partial charge < -0.3 is 10.1 Å². The van der Waals surface area contributed by atoms with Crippen LogP contribution in [0.3, 0.4) is 0 Å². The average molecular weight is 279 g/mol. The molecular formula is C16H29N3O. The second-order valence-corrected chi connectivity index (χ2v) is 6.92. The van der Waals surface area contributed by atoms with Gasteiger partial charge in [-0.2, -0.15) is 5.10 Å². The topological polar surface area (TPSA) is 39.1 Å². The summed E-state index contributed by atoms with van der Waals surface area (Å²) in [5, 5.41) is 8.25. The summed E-state index contributed by atoms with van der Waals surface area (Å²) in [4.78, 5) is 0. The molecule has 0 saturated carbocycles. The van der Waals surface area contributed by atoms with Crippen molar-refractivity contribution in [2.75, 3.05) is 6.61 Å². The number of rotatable bonds is 4. The molecule has 1 N–H and O–H groups in total. The highest BCUT2D eigenvalue weighted by Crippen LogP contribution is 2.18. The van der Waals surface area contributed by atoms with Crippen molar-refractivity contribution in [2.24, 2.45) is 0 Å². The van der Waals surface area contributed by atoms with E-state index in [4.69, 9.17) is 9.84 Å². The van der Waals surface area contributed by atoms with Gasteiger partial charge in [0.2, 0.25) is 0 Å². The highest BCUT2D eigenvalue weighted by molar-refractivity contribution is 5.24. The fourth-order valence-corrected chi connectivity index (χ4v) is 2.67. The smallest absolute Gasteiger partial charge is 0.0771 e. The largest absolute Gasteiger partial charge is 0.376 e. The molecule has 1 saturated heterocycles. The summed E-state index contributed by atoms with van der Waals surface area (Å²) in [6, 6.07) is 0. The normalized spacial score (nSPS) is 20.4. The third-order valence-corrected chi connectivity index (χ3v) is 3.98. The van der Waals surface area contributed by atoms with Crippen LogP contribution in [0.5, 0.6) is 0 Å². The van der Waals surface area contributed by atoms with Crippen molar-refractivity contribution in [3.05, 3.63) is 17.0 Å². The highest BCUT2D eigenvalue weighted by atomic mass is 16.5. The molecule has 4 nitrogen and oxygen atoms in total. The Morgan fingerprint density at radius 2 is 2.05 bits per heavy atom. The second-order valence-electron chi connectivity index (χ2n) is 6.92. The van der Waals surface area contributed by atoms with E-state index in [-0.39, 0.29) is 5.54 Å². The van der Waals surface area contributed by atoms with E-state index in [0.717, 1.165) is 31.8 Å². The first-order chi connectivity index (χ1) is 9.37. The maximum Gasteiger partial charge on any atom is 0.0771 e. The van der Waals surface area contributed by atoms with Crippen LogP contribution in [-0.2, 0) is 17.8 Å². The summed E-state index contributed by atoms with van der Waals surface area (Å²) in [5.41, 5.74) is 3.87. The molecule has 1 fully saturated rings. The summed E-state index contributed by atoms with van der Waals surface area (Å²) in [6.45, 7) is 13.5. The SMILES string of the molecule is Cc1nn(CC2CCCCO2)c(C)c1CNC(C)(C)C. The molecule has 1 aromatic heterocycles. The lowest BCUT2D eigenvalue weighted by Crippen LogP contribution is -2.35. The van der Waals surface area contributed by atoms with Gasteiger partial charge in [0.15, 0.2) is 0 Å². The van der Waals surface area contributed by atoms with Crippen molar-refractivity contribution in [3.8, 4) is 0 Å². The Morgan fingerprint density at radius 3 is 2.65 bits per heavy atom. The molecule has 1 aliphatic rings. The van der Waals surface area contributed by atoms with Gasteiger partial charge in [-0.3, -0.25) is 4.68 Å². The number of ether oxygens (including phenoxy) is 1. The molecule has 114 valence electrons. The maximum absolute atomic E-state index is 5.82. The van der Waals surface area contributed by atoms with Crippen LogP contribution in [0.4, 0.5) is 0 Å². The molecular weight excluding hydrogens is 250 g/mol. The van der Waals surface area contributed by atoms with Gasteiger partial charge in [-0.1, -0.05) is 0 Å².